The number of alkyl halides is 1. The quantitative estimate of drug-likeness (QED) is 0.323. The standard InChI is InChI=1S/C32H36FN5O4S/c1-43(40,41)37-24-6-4-21(5-7-24)23-14-25(16-34-15-23)38(28(39)31-17-32(33,18-31)19-31)20-29-8-11-30(12-9-29,13-10-29)27-35-26(36-42-27)22-2-3-22/h4-7,14-16,22,37H,2-3,8-13,17-20H2,1H3. The van der Waals surface area contributed by atoms with Crippen LogP contribution in [0.1, 0.15) is 88.3 Å². The lowest BCUT2D eigenvalue weighted by atomic mass is 9.41. The molecule has 1 amide bonds. The van der Waals surface area contributed by atoms with Crippen LogP contribution in [0.25, 0.3) is 11.1 Å². The Morgan fingerprint density at radius 1 is 1.02 bits per heavy atom. The molecule has 43 heavy (non-hydrogen) atoms. The molecule has 0 unspecified atom stereocenters. The summed E-state index contributed by atoms with van der Waals surface area (Å²) in [5.41, 5.74) is 1.03. The van der Waals surface area contributed by atoms with E-state index in [-0.39, 0.29) is 16.7 Å². The largest absolute Gasteiger partial charge is 0.339 e. The second kappa shape index (κ2) is 9.09. The molecule has 1 aromatic carbocycles. The molecule has 7 saturated carbocycles. The van der Waals surface area contributed by atoms with Crippen LogP contribution in [0, 0.1) is 10.8 Å². The van der Waals surface area contributed by atoms with Crippen molar-refractivity contribution in [2.24, 2.45) is 10.8 Å². The summed E-state index contributed by atoms with van der Waals surface area (Å²) >= 11 is 0. The highest BCUT2D eigenvalue weighted by Gasteiger charge is 2.73. The van der Waals surface area contributed by atoms with Crippen molar-refractivity contribution in [3.8, 4) is 11.1 Å². The molecule has 7 fully saturated rings. The molecule has 7 aliphatic carbocycles. The summed E-state index contributed by atoms with van der Waals surface area (Å²) in [6.07, 6.45) is 13.6. The molecule has 9 nitrogen and oxygen atoms in total. The number of fused-ring (bicyclic) bond motifs is 3. The highest BCUT2D eigenvalue weighted by Crippen LogP contribution is 2.70. The molecular formula is C32H36FN5O4S. The molecule has 0 aliphatic heterocycles. The zero-order valence-electron chi connectivity index (χ0n) is 24.3. The van der Waals surface area contributed by atoms with E-state index in [1.165, 1.54) is 0 Å². The van der Waals surface area contributed by atoms with Gasteiger partial charge in [0.05, 0.1) is 23.6 Å². The number of benzene rings is 1. The molecule has 0 saturated heterocycles. The first-order chi connectivity index (χ1) is 20.5. The number of hydrogen-bond acceptors (Lipinski definition) is 7. The summed E-state index contributed by atoms with van der Waals surface area (Å²) in [7, 11) is -3.38. The third-order valence-corrected chi connectivity index (χ3v) is 11.6. The van der Waals surface area contributed by atoms with Gasteiger partial charge in [-0.2, -0.15) is 4.98 Å². The Morgan fingerprint density at radius 3 is 2.30 bits per heavy atom. The molecule has 7 aliphatic rings. The van der Waals surface area contributed by atoms with Crippen molar-refractivity contribution in [2.75, 3.05) is 22.4 Å². The van der Waals surface area contributed by atoms with E-state index in [0.29, 0.717) is 37.4 Å². The van der Waals surface area contributed by atoms with Gasteiger partial charge in [-0.15, -0.1) is 0 Å². The fraction of sp³-hybridized carbons (Fsp3) is 0.562. The molecule has 11 heteroatoms. The Labute approximate surface area is 250 Å². The summed E-state index contributed by atoms with van der Waals surface area (Å²) in [4.78, 5) is 25.4. The monoisotopic (exact) mass is 605 g/mol. The molecule has 0 atom stereocenters. The maximum atomic E-state index is 14.6. The van der Waals surface area contributed by atoms with Crippen molar-refractivity contribution in [2.45, 2.75) is 87.6 Å². The Balaban J connectivity index is 1.05. The summed E-state index contributed by atoms with van der Waals surface area (Å²) in [6, 6.07) is 9.06. The van der Waals surface area contributed by atoms with E-state index in [0.717, 1.165) is 86.2 Å². The minimum absolute atomic E-state index is 0.0152. The van der Waals surface area contributed by atoms with E-state index in [4.69, 9.17) is 9.51 Å². The van der Waals surface area contributed by atoms with Gasteiger partial charge in [-0.25, -0.2) is 12.8 Å². The van der Waals surface area contributed by atoms with E-state index in [1.807, 2.05) is 23.1 Å². The van der Waals surface area contributed by atoms with Crippen molar-refractivity contribution >= 4 is 27.3 Å². The number of hydrogen-bond donors (Lipinski definition) is 1. The van der Waals surface area contributed by atoms with Gasteiger partial charge < -0.3 is 9.42 Å². The van der Waals surface area contributed by atoms with Gasteiger partial charge in [-0.3, -0.25) is 14.5 Å². The minimum atomic E-state index is -3.38. The van der Waals surface area contributed by atoms with Crippen LogP contribution in [0.5, 0.6) is 0 Å². The lowest BCUT2D eigenvalue weighted by molar-refractivity contribution is -0.211. The van der Waals surface area contributed by atoms with Crippen molar-refractivity contribution in [1.29, 1.82) is 0 Å². The Morgan fingerprint density at radius 2 is 1.70 bits per heavy atom. The van der Waals surface area contributed by atoms with E-state index >= 15 is 0 Å². The molecule has 10 rings (SSSR count). The minimum Gasteiger partial charge on any atom is -0.339 e. The van der Waals surface area contributed by atoms with Crippen LogP contribution in [-0.4, -0.2) is 47.9 Å². The van der Waals surface area contributed by atoms with Gasteiger partial charge in [-0.05, 0) is 99.8 Å². The van der Waals surface area contributed by atoms with Gasteiger partial charge in [0.15, 0.2) is 5.82 Å². The number of rotatable bonds is 9. The van der Waals surface area contributed by atoms with Crippen LogP contribution in [-0.2, 0) is 20.2 Å². The van der Waals surface area contributed by atoms with E-state index in [9.17, 15) is 17.6 Å². The third-order valence-electron chi connectivity index (χ3n) is 11.0. The van der Waals surface area contributed by atoms with Crippen molar-refractivity contribution in [3.63, 3.8) is 0 Å². The number of carbonyl (C=O) groups excluding carboxylic acids is 1. The first kappa shape index (κ1) is 27.2. The number of aromatic nitrogens is 3. The zero-order chi connectivity index (χ0) is 29.7. The number of anilines is 2. The Bertz CT molecular complexity index is 1670. The third kappa shape index (κ3) is 4.65. The van der Waals surface area contributed by atoms with Gasteiger partial charge in [0.2, 0.25) is 21.8 Å². The van der Waals surface area contributed by atoms with Gasteiger partial charge in [0, 0.05) is 35.3 Å². The van der Waals surface area contributed by atoms with Gasteiger partial charge in [0.25, 0.3) is 0 Å². The van der Waals surface area contributed by atoms with Gasteiger partial charge >= 0.3 is 0 Å². The number of pyridine rings is 1. The molecular weight excluding hydrogens is 569 g/mol. The Kier molecular flexibility index (Phi) is 5.76. The molecule has 0 radical (unpaired) electrons. The lowest BCUT2D eigenvalue weighted by Crippen LogP contribution is -2.71. The lowest BCUT2D eigenvalue weighted by Gasteiger charge is -2.65. The summed E-state index contributed by atoms with van der Waals surface area (Å²) in [5, 5.41) is 4.29. The number of halogens is 1. The predicted octanol–water partition coefficient (Wildman–Crippen LogP) is 5.90. The average Bonchev–Trinajstić information content (AvgIpc) is 3.69. The van der Waals surface area contributed by atoms with Crippen molar-refractivity contribution < 1.29 is 22.1 Å². The predicted molar refractivity (Wildman–Crippen MR) is 159 cm³/mol. The maximum absolute atomic E-state index is 14.6. The number of sulfonamides is 1. The van der Waals surface area contributed by atoms with E-state index in [1.54, 1.807) is 24.5 Å². The second-order valence-corrected chi connectivity index (χ2v) is 16.0. The molecule has 4 bridgehead atoms. The van der Waals surface area contributed by atoms with E-state index < -0.39 is 21.1 Å². The van der Waals surface area contributed by atoms with Crippen LogP contribution in [0.15, 0.2) is 47.2 Å². The number of amides is 1. The average molecular weight is 606 g/mol. The first-order valence-corrected chi connectivity index (χ1v) is 17.2. The SMILES string of the molecule is CS(=O)(=O)Nc1ccc(-c2cncc(N(CC34CCC(c5nc(C6CC6)no5)(CC3)CC4)C(=O)C34CC(F)(C3)C4)c2)cc1. The van der Waals surface area contributed by atoms with E-state index in [2.05, 4.69) is 14.9 Å². The highest BCUT2D eigenvalue weighted by atomic mass is 32.2. The van der Waals surface area contributed by atoms with Crippen LogP contribution >= 0.6 is 0 Å². The summed E-state index contributed by atoms with van der Waals surface area (Å²) in [5.74, 6) is 2.14. The summed E-state index contributed by atoms with van der Waals surface area (Å²) in [6.45, 7) is 0.586. The molecule has 3 aromatic rings. The molecule has 0 spiro atoms. The zero-order valence-corrected chi connectivity index (χ0v) is 25.1. The smallest absolute Gasteiger partial charge is 0.233 e. The fourth-order valence-electron chi connectivity index (χ4n) is 8.25. The Hall–Kier alpha value is -3.34. The molecule has 2 heterocycles. The molecule has 2 aromatic heterocycles. The van der Waals surface area contributed by atoms with Gasteiger partial charge in [0.1, 0.15) is 5.67 Å². The first-order valence-electron chi connectivity index (χ1n) is 15.4. The van der Waals surface area contributed by atoms with Crippen LogP contribution in [0.2, 0.25) is 0 Å². The normalized spacial score (nSPS) is 32.5. The van der Waals surface area contributed by atoms with Crippen molar-refractivity contribution in [1.82, 2.24) is 15.1 Å². The molecule has 1 N–H and O–H groups in total. The maximum Gasteiger partial charge on any atom is 0.233 e. The van der Waals surface area contributed by atoms with Gasteiger partial charge in [-0.1, -0.05) is 17.3 Å². The fourth-order valence-corrected chi connectivity index (χ4v) is 8.81. The number of nitrogens with one attached hydrogen (secondary N) is 1. The van der Waals surface area contributed by atoms with Crippen molar-refractivity contribution in [3.05, 3.63) is 54.4 Å². The highest BCUT2D eigenvalue weighted by molar-refractivity contribution is 7.92. The topological polar surface area (TPSA) is 118 Å². The second-order valence-electron chi connectivity index (χ2n) is 14.2. The van der Waals surface area contributed by atoms with Crippen LogP contribution in [0.4, 0.5) is 15.8 Å². The number of carbonyl (C=O) groups is 1. The van der Waals surface area contributed by atoms with Crippen LogP contribution < -0.4 is 9.62 Å². The molecule has 226 valence electrons. The van der Waals surface area contributed by atoms with Crippen LogP contribution in [0.3, 0.4) is 0 Å². The number of nitrogens with zero attached hydrogens (tertiary/aromatic N) is 4. The summed E-state index contributed by atoms with van der Waals surface area (Å²) < 4.78 is 46.1.